The van der Waals surface area contributed by atoms with E-state index in [1.54, 1.807) is 30.5 Å². The fraction of sp³-hybridized carbons (Fsp3) is 0.118. The van der Waals surface area contributed by atoms with Crippen molar-refractivity contribution in [3.05, 3.63) is 71.3 Å². The van der Waals surface area contributed by atoms with E-state index in [0.29, 0.717) is 22.8 Å². The summed E-state index contributed by atoms with van der Waals surface area (Å²) in [5.41, 5.74) is 0.926. The lowest BCUT2D eigenvalue weighted by Gasteiger charge is -2.03. The van der Waals surface area contributed by atoms with E-state index in [1.165, 1.54) is 17.6 Å². The number of anilines is 1. The molecule has 0 aliphatic carbocycles. The second-order valence-electron chi connectivity index (χ2n) is 4.92. The molecule has 0 radical (unpaired) electrons. The van der Waals surface area contributed by atoms with E-state index in [2.05, 4.69) is 15.6 Å². The molecule has 122 valence electrons. The number of carbonyl (C=O) groups is 2. The molecule has 0 bridgehead atoms. The number of furan rings is 1. The predicted octanol–water partition coefficient (Wildman–Crippen LogP) is 2.96. The van der Waals surface area contributed by atoms with Crippen LogP contribution in [0.2, 0.25) is 0 Å². The largest absolute Gasteiger partial charge is 0.459 e. The number of carbonyl (C=O) groups excluding carboxylic acids is 2. The Balaban J connectivity index is 1.51. The van der Waals surface area contributed by atoms with E-state index in [1.807, 2.05) is 18.2 Å². The molecule has 3 rings (SSSR count). The van der Waals surface area contributed by atoms with E-state index in [0.717, 1.165) is 5.69 Å². The fourth-order valence-corrected chi connectivity index (χ4v) is 2.86. The molecular formula is C17H15N3O3S. The van der Waals surface area contributed by atoms with Crippen LogP contribution in [0.3, 0.4) is 0 Å². The molecule has 24 heavy (non-hydrogen) atoms. The molecule has 0 fully saturated rings. The Labute approximate surface area is 142 Å². The molecule has 0 aliphatic heterocycles. The highest BCUT2D eigenvalue weighted by molar-refractivity contribution is 7.18. The first kappa shape index (κ1) is 15.9. The number of nitrogens with zero attached hydrogens (tertiary/aromatic N) is 1. The van der Waals surface area contributed by atoms with Gasteiger partial charge in [0.1, 0.15) is 0 Å². The quantitative estimate of drug-likeness (QED) is 0.722. The van der Waals surface area contributed by atoms with Crippen LogP contribution in [0.5, 0.6) is 0 Å². The summed E-state index contributed by atoms with van der Waals surface area (Å²) in [6.45, 7) is 0.502. The van der Waals surface area contributed by atoms with Gasteiger partial charge >= 0.3 is 0 Å². The summed E-state index contributed by atoms with van der Waals surface area (Å²) in [5.74, 6) is -0.289. The van der Waals surface area contributed by atoms with Gasteiger partial charge in [0, 0.05) is 24.9 Å². The molecule has 0 aliphatic rings. The molecule has 0 spiro atoms. The van der Waals surface area contributed by atoms with E-state index in [4.69, 9.17) is 4.42 Å². The summed E-state index contributed by atoms with van der Waals surface area (Å²) in [6.07, 6.45) is 3.83. The number of thiophene rings is 1. The van der Waals surface area contributed by atoms with Crippen molar-refractivity contribution in [3.63, 3.8) is 0 Å². The highest BCUT2D eigenvalue weighted by Crippen LogP contribution is 2.22. The molecular weight excluding hydrogens is 326 g/mol. The average molecular weight is 341 g/mol. The zero-order valence-corrected chi connectivity index (χ0v) is 13.5. The van der Waals surface area contributed by atoms with E-state index in [9.17, 15) is 9.59 Å². The molecule has 0 unspecified atom stereocenters. The number of aromatic nitrogens is 1. The standard InChI is InChI=1S/C17H15N3O3S/c21-16(13-5-3-11-23-13)20-15-7-6-14(24-15)17(22)19-10-8-12-4-1-2-9-18-12/h1-7,9,11H,8,10H2,(H,19,22)(H,20,21). The third-order valence-corrected chi connectivity index (χ3v) is 4.20. The zero-order chi connectivity index (χ0) is 16.8. The highest BCUT2D eigenvalue weighted by Gasteiger charge is 2.13. The molecule has 3 aromatic rings. The van der Waals surface area contributed by atoms with Crippen LogP contribution in [0.25, 0.3) is 0 Å². The molecule has 7 heteroatoms. The lowest BCUT2D eigenvalue weighted by Crippen LogP contribution is -2.25. The third-order valence-electron chi connectivity index (χ3n) is 3.20. The van der Waals surface area contributed by atoms with E-state index in [-0.39, 0.29) is 17.6 Å². The lowest BCUT2D eigenvalue weighted by atomic mass is 10.3. The molecule has 0 atom stereocenters. The van der Waals surface area contributed by atoms with Crippen molar-refractivity contribution in [1.29, 1.82) is 0 Å². The van der Waals surface area contributed by atoms with Gasteiger partial charge in [-0.05, 0) is 36.4 Å². The van der Waals surface area contributed by atoms with Crippen LogP contribution in [0.1, 0.15) is 25.9 Å². The van der Waals surface area contributed by atoms with Crippen molar-refractivity contribution >= 4 is 28.2 Å². The maximum Gasteiger partial charge on any atom is 0.291 e. The van der Waals surface area contributed by atoms with Gasteiger partial charge in [-0.2, -0.15) is 0 Å². The van der Waals surface area contributed by atoms with Gasteiger partial charge in [-0.25, -0.2) is 0 Å². The Kier molecular flexibility index (Phi) is 5.02. The van der Waals surface area contributed by atoms with Crippen molar-refractivity contribution in [2.24, 2.45) is 0 Å². The Hall–Kier alpha value is -2.93. The molecule has 2 amide bonds. The predicted molar refractivity (Wildman–Crippen MR) is 91.3 cm³/mol. The second-order valence-corrected chi connectivity index (χ2v) is 6.01. The minimum Gasteiger partial charge on any atom is -0.459 e. The Bertz CT molecular complexity index is 813. The van der Waals surface area contributed by atoms with E-state index < -0.39 is 0 Å². The van der Waals surface area contributed by atoms with Gasteiger partial charge in [0.15, 0.2) is 5.76 Å². The van der Waals surface area contributed by atoms with Crippen LogP contribution < -0.4 is 10.6 Å². The smallest absolute Gasteiger partial charge is 0.291 e. The maximum atomic E-state index is 12.1. The van der Waals surface area contributed by atoms with Gasteiger partial charge < -0.3 is 15.1 Å². The number of hydrogen-bond donors (Lipinski definition) is 2. The molecule has 0 saturated heterocycles. The van der Waals surface area contributed by atoms with Crippen LogP contribution in [0.15, 0.2) is 59.3 Å². The van der Waals surface area contributed by atoms with Gasteiger partial charge in [-0.15, -0.1) is 11.3 Å². The summed E-state index contributed by atoms with van der Waals surface area (Å²) in [4.78, 5) is 28.7. The number of hydrogen-bond acceptors (Lipinski definition) is 5. The first-order valence-corrected chi connectivity index (χ1v) is 8.17. The third kappa shape index (κ3) is 4.08. The fourth-order valence-electron chi connectivity index (χ4n) is 2.05. The number of amides is 2. The highest BCUT2D eigenvalue weighted by atomic mass is 32.1. The van der Waals surface area contributed by atoms with Gasteiger partial charge in [0.25, 0.3) is 11.8 Å². The van der Waals surface area contributed by atoms with Crippen LogP contribution in [-0.2, 0) is 6.42 Å². The zero-order valence-electron chi connectivity index (χ0n) is 12.7. The maximum absolute atomic E-state index is 12.1. The topological polar surface area (TPSA) is 84.2 Å². The van der Waals surface area contributed by atoms with Gasteiger partial charge in [-0.1, -0.05) is 6.07 Å². The van der Waals surface area contributed by atoms with Crippen LogP contribution >= 0.6 is 11.3 Å². The summed E-state index contributed by atoms with van der Waals surface area (Å²) in [7, 11) is 0. The van der Waals surface area contributed by atoms with Gasteiger partial charge in [-0.3, -0.25) is 14.6 Å². The molecule has 0 saturated carbocycles. The van der Waals surface area contributed by atoms with Gasteiger partial charge in [0.05, 0.1) is 16.1 Å². The van der Waals surface area contributed by atoms with Crippen molar-refractivity contribution < 1.29 is 14.0 Å². The van der Waals surface area contributed by atoms with Gasteiger partial charge in [0.2, 0.25) is 0 Å². The minimum atomic E-state index is -0.344. The molecule has 3 aromatic heterocycles. The van der Waals surface area contributed by atoms with Crippen molar-refractivity contribution in [3.8, 4) is 0 Å². The lowest BCUT2D eigenvalue weighted by molar-refractivity contribution is 0.0956. The normalized spacial score (nSPS) is 10.3. The van der Waals surface area contributed by atoms with Crippen LogP contribution in [-0.4, -0.2) is 23.3 Å². The summed E-state index contributed by atoms with van der Waals surface area (Å²) >= 11 is 1.21. The van der Waals surface area contributed by atoms with Crippen LogP contribution in [0, 0.1) is 0 Å². The number of pyridine rings is 1. The Morgan fingerprint density at radius 3 is 2.75 bits per heavy atom. The number of rotatable bonds is 6. The summed E-state index contributed by atoms with van der Waals surface area (Å²) < 4.78 is 5.02. The first-order valence-electron chi connectivity index (χ1n) is 7.35. The minimum absolute atomic E-state index is 0.172. The Morgan fingerprint density at radius 1 is 1.08 bits per heavy atom. The molecule has 3 heterocycles. The summed E-state index contributed by atoms with van der Waals surface area (Å²) in [6, 6.07) is 12.3. The van der Waals surface area contributed by atoms with Crippen molar-refractivity contribution in [2.45, 2.75) is 6.42 Å². The second kappa shape index (κ2) is 7.56. The first-order chi connectivity index (χ1) is 11.7. The average Bonchev–Trinajstić information content (AvgIpc) is 3.27. The molecule has 0 aromatic carbocycles. The van der Waals surface area contributed by atoms with Crippen molar-refractivity contribution in [2.75, 3.05) is 11.9 Å². The number of nitrogens with one attached hydrogen (secondary N) is 2. The van der Waals surface area contributed by atoms with Crippen molar-refractivity contribution in [1.82, 2.24) is 10.3 Å². The monoisotopic (exact) mass is 341 g/mol. The van der Waals surface area contributed by atoms with E-state index >= 15 is 0 Å². The SMILES string of the molecule is O=C(Nc1ccc(C(=O)NCCc2ccccn2)s1)c1ccco1. The molecule has 2 N–H and O–H groups in total. The molecule has 6 nitrogen and oxygen atoms in total. The van der Waals surface area contributed by atoms with Crippen LogP contribution in [0.4, 0.5) is 5.00 Å². The Morgan fingerprint density at radius 2 is 2.00 bits per heavy atom. The summed E-state index contributed by atoms with van der Waals surface area (Å²) in [5, 5.41) is 6.13.